The second-order valence-electron chi connectivity index (χ2n) is 5.90. The number of hydrogen-bond acceptors (Lipinski definition) is 3. The van der Waals surface area contributed by atoms with Gasteiger partial charge in [0, 0.05) is 18.6 Å². The van der Waals surface area contributed by atoms with E-state index in [4.69, 9.17) is 0 Å². The van der Waals surface area contributed by atoms with E-state index in [1.165, 1.54) is 24.0 Å². The van der Waals surface area contributed by atoms with Gasteiger partial charge in [-0.05, 0) is 36.8 Å². The van der Waals surface area contributed by atoms with Crippen molar-refractivity contribution < 1.29 is 4.79 Å². The Balaban J connectivity index is 1.68. The molecular formula is C17H21N3OS. The predicted octanol–water partition coefficient (Wildman–Crippen LogP) is 3.74. The van der Waals surface area contributed by atoms with E-state index in [0.717, 1.165) is 5.01 Å². The maximum Gasteiger partial charge on any atom is 0.318 e. The highest BCUT2D eigenvalue weighted by atomic mass is 32.1. The molecule has 2 aromatic rings. The van der Waals surface area contributed by atoms with Crippen molar-refractivity contribution in [3.63, 3.8) is 0 Å². The zero-order chi connectivity index (χ0) is 15.5. The van der Waals surface area contributed by atoms with Gasteiger partial charge in [0.15, 0.2) is 0 Å². The minimum atomic E-state index is -0.0321. The number of amides is 2. The lowest BCUT2D eigenvalue weighted by atomic mass is 9.98. The van der Waals surface area contributed by atoms with Gasteiger partial charge >= 0.3 is 6.03 Å². The zero-order valence-electron chi connectivity index (χ0n) is 13.0. The number of nitrogens with one attached hydrogen (secondary N) is 1. The molecule has 3 rings (SSSR count). The minimum Gasteiger partial charge on any atom is -0.331 e. The summed E-state index contributed by atoms with van der Waals surface area (Å²) < 4.78 is 0. The van der Waals surface area contributed by atoms with Gasteiger partial charge in [-0.15, -0.1) is 11.3 Å². The van der Waals surface area contributed by atoms with E-state index in [1.54, 1.807) is 22.4 Å². The molecule has 1 aliphatic carbocycles. The van der Waals surface area contributed by atoms with Crippen molar-refractivity contribution in [2.24, 2.45) is 5.92 Å². The Morgan fingerprint density at radius 1 is 1.45 bits per heavy atom. The normalized spacial score (nSPS) is 15.4. The van der Waals surface area contributed by atoms with E-state index in [1.807, 2.05) is 24.6 Å². The van der Waals surface area contributed by atoms with E-state index in [9.17, 15) is 4.79 Å². The highest BCUT2D eigenvalue weighted by Crippen LogP contribution is 2.41. The van der Waals surface area contributed by atoms with Gasteiger partial charge in [-0.1, -0.05) is 24.3 Å². The highest BCUT2D eigenvalue weighted by Gasteiger charge is 2.34. The van der Waals surface area contributed by atoms with Crippen LogP contribution in [-0.2, 0) is 6.54 Å². The average Bonchev–Trinajstić information content (AvgIpc) is 3.23. The molecule has 22 heavy (non-hydrogen) atoms. The summed E-state index contributed by atoms with van der Waals surface area (Å²) in [6, 6.07) is 8.40. The van der Waals surface area contributed by atoms with Crippen LogP contribution in [0.3, 0.4) is 0 Å². The molecule has 1 saturated carbocycles. The van der Waals surface area contributed by atoms with Crippen LogP contribution in [0, 0.1) is 12.8 Å². The fraction of sp³-hybridized carbons (Fsp3) is 0.412. The van der Waals surface area contributed by atoms with Crippen LogP contribution >= 0.6 is 11.3 Å². The summed E-state index contributed by atoms with van der Waals surface area (Å²) in [5, 5.41) is 6.10. The van der Waals surface area contributed by atoms with E-state index < -0.39 is 0 Å². The van der Waals surface area contributed by atoms with Crippen LogP contribution in [-0.4, -0.2) is 23.0 Å². The Labute approximate surface area is 135 Å². The molecule has 1 aromatic carbocycles. The number of aryl methyl sites for hydroxylation is 1. The number of carbonyl (C=O) groups is 1. The Kier molecular flexibility index (Phi) is 4.43. The topological polar surface area (TPSA) is 45.2 Å². The molecule has 1 N–H and O–H groups in total. The second kappa shape index (κ2) is 6.48. The molecule has 1 atom stereocenters. The van der Waals surface area contributed by atoms with Crippen LogP contribution in [0.15, 0.2) is 35.8 Å². The summed E-state index contributed by atoms with van der Waals surface area (Å²) in [4.78, 5) is 18.4. The van der Waals surface area contributed by atoms with Gasteiger partial charge in [0.05, 0.1) is 12.6 Å². The molecule has 0 aliphatic heterocycles. The summed E-state index contributed by atoms with van der Waals surface area (Å²) in [7, 11) is 1.82. The van der Waals surface area contributed by atoms with E-state index in [2.05, 4.69) is 29.4 Å². The van der Waals surface area contributed by atoms with Crippen LogP contribution in [0.1, 0.15) is 35.0 Å². The maximum absolute atomic E-state index is 12.5. The highest BCUT2D eigenvalue weighted by molar-refractivity contribution is 7.09. The zero-order valence-corrected chi connectivity index (χ0v) is 13.8. The van der Waals surface area contributed by atoms with Gasteiger partial charge in [-0.2, -0.15) is 0 Å². The third-order valence-electron chi connectivity index (χ3n) is 4.10. The molecule has 5 heteroatoms. The Bertz CT molecular complexity index is 637. The molecule has 0 saturated heterocycles. The molecule has 0 bridgehead atoms. The summed E-state index contributed by atoms with van der Waals surface area (Å²) in [5.74, 6) is 0.568. The van der Waals surface area contributed by atoms with E-state index in [-0.39, 0.29) is 12.1 Å². The van der Waals surface area contributed by atoms with Crippen molar-refractivity contribution >= 4 is 17.4 Å². The monoisotopic (exact) mass is 315 g/mol. The Morgan fingerprint density at radius 3 is 2.86 bits per heavy atom. The van der Waals surface area contributed by atoms with Crippen LogP contribution in [0.25, 0.3) is 0 Å². The third-order valence-corrected chi connectivity index (χ3v) is 4.86. The Morgan fingerprint density at radius 2 is 2.23 bits per heavy atom. The number of urea groups is 1. The lowest BCUT2D eigenvalue weighted by Crippen LogP contribution is -2.39. The van der Waals surface area contributed by atoms with Gasteiger partial charge < -0.3 is 10.2 Å². The molecule has 2 amide bonds. The smallest absolute Gasteiger partial charge is 0.318 e. The lowest BCUT2D eigenvalue weighted by molar-refractivity contribution is 0.201. The number of carbonyl (C=O) groups excluding carboxylic acids is 1. The number of nitrogens with zero attached hydrogens (tertiary/aromatic N) is 2. The fourth-order valence-corrected chi connectivity index (χ4v) is 3.33. The van der Waals surface area contributed by atoms with Crippen molar-refractivity contribution in [2.75, 3.05) is 7.05 Å². The van der Waals surface area contributed by atoms with Crippen molar-refractivity contribution in [3.05, 3.63) is 52.0 Å². The molecule has 1 heterocycles. The minimum absolute atomic E-state index is 0.0321. The molecule has 1 aliphatic rings. The third kappa shape index (κ3) is 3.47. The molecule has 1 fully saturated rings. The quantitative estimate of drug-likeness (QED) is 0.913. The molecular weight excluding hydrogens is 294 g/mol. The summed E-state index contributed by atoms with van der Waals surface area (Å²) in [6.07, 6.45) is 4.15. The predicted molar refractivity (Wildman–Crippen MR) is 88.8 cm³/mol. The standard InChI is InChI=1S/C17H21N3OS/c1-12-5-3-4-6-14(12)16(13-7-8-13)19-17(21)20(2)11-15-18-9-10-22-15/h3-6,9-10,13,16H,7-8,11H2,1-2H3,(H,19,21)/t16-/m0/s1. The summed E-state index contributed by atoms with van der Waals surface area (Å²) in [6.45, 7) is 2.66. The number of rotatable bonds is 5. The summed E-state index contributed by atoms with van der Waals surface area (Å²) >= 11 is 1.57. The van der Waals surface area contributed by atoms with Gasteiger partial charge in [-0.3, -0.25) is 0 Å². The van der Waals surface area contributed by atoms with Crippen LogP contribution in [0.5, 0.6) is 0 Å². The number of hydrogen-bond donors (Lipinski definition) is 1. The number of benzene rings is 1. The second-order valence-corrected chi connectivity index (χ2v) is 6.88. The van der Waals surface area contributed by atoms with Gasteiger partial charge in [0.25, 0.3) is 0 Å². The van der Waals surface area contributed by atoms with Crippen molar-refractivity contribution in [3.8, 4) is 0 Å². The van der Waals surface area contributed by atoms with Crippen molar-refractivity contribution in [1.82, 2.24) is 15.2 Å². The molecule has 4 nitrogen and oxygen atoms in total. The van der Waals surface area contributed by atoms with Crippen LogP contribution in [0.2, 0.25) is 0 Å². The first-order valence-corrected chi connectivity index (χ1v) is 8.48. The largest absolute Gasteiger partial charge is 0.331 e. The first kappa shape index (κ1) is 15.0. The average molecular weight is 315 g/mol. The van der Waals surface area contributed by atoms with E-state index in [0.29, 0.717) is 12.5 Å². The first-order chi connectivity index (χ1) is 10.6. The molecule has 0 spiro atoms. The number of thiazole rings is 1. The van der Waals surface area contributed by atoms with Crippen LogP contribution < -0.4 is 5.32 Å². The maximum atomic E-state index is 12.5. The first-order valence-electron chi connectivity index (χ1n) is 7.60. The van der Waals surface area contributed by atoms with Gasteiger partial charge in [0.2, 0.25) is 0 Å². The molecule has 116 valence electrons. The van der Waals surface area contributed by atoms with Crippen molar-refractivity contribution in [2.45, 2.75) is 32.4 Å². The van der Waals surface area contributed by atoms with Crippen molar-refractivity contribution in [1.29, 1.82) is 0 Å². The number of aromatic nitrogens is 1. The molecule has 1 aromatic heterocycles. The lowest BCUT2D eigenvalue weighted by Gasteiger charge is -2.24. The van der Waals surface area contributed by atoms with Gasteiger partial charge in [-0.25, -0.2) is 9.78 Å². The Hall–Kier alpha value is -1.88. The SMILES string of the molecule is Cc1ccccc1[C@@H](NC(=O)N(C)Cc1nccs1)C1CC1. The fourth-order valence-electron chi connectivity index (χ4n) is 2.66. The van der Waals surface area contributed by atoms with Crippen LogP contribution in [0.4, 0.5) is 4.79 Å². The van der Waals surface area contributed by atoms with Gasteiger partial charge in [0.1, 0.15) is 5.01 Å². The molecule has 0 unspecified atom stereocenters. The van der Waals surface area contributed by atoms with E-state index >= 15 is 0 Å². The summed E-state index contributed by atoms with van der Waals surface area (Å²) in [5.41, 5.74) is 2.48. The molecule has 0 radical (unpaired) electrons.